The van der Waals surface area contributed by atoms with E-state index in [1.165, 1.54) is 31.4 Å². The molecule has 2 aromatic rings. The predicted molar refractivity (Wildman–Crippen MR) is 106 cm³/mol. The van der Waals surface area contributed by atoms with Gasteiger partial charge in [0.2, 0.25) is 0 Å². The number of hydrogen-bond donors (Lipinski definition) is 0. The van der Waals surface area contributed by atoms with Crippen LogP contribution in [0.4, 0.5) is 24.5 Å². The zero-order valence-electron chi connectivity index (χ0n) is 16.9. The maximum Gasteiger partial charge on any atom is 0.416 e. The SMILES string of the molecule is COC(=O)c1ccc(OC(=O)C2CCN(c3ccc(C(F)(F)F)cc3[N+](=O)[O-])CC2)cc1. The molecule has 0 spiro atoms. The minimum absolute atomic E-state index is 0.0771. The minimum atomic E-state index is -4.69. The zero-order valence-corrected chi connectivity index (χ0v) is 16.9. The predicted octanol–water partition coefficient (Wildman–Crippen LogP) is 4.22. The summed E-state index contributed by atoms with van der Waals surface area (Å²) in [5.74, 6) is -1.23. The van der Waals surface area contributed by atoms with Gasteiger partial charge in [-0.2, -0.15) is 13.2 Å². The second kappa shape index (κ2) is 9.25. The first kappa shape index (κ1) is 23.0. The van der Waals surface area contributed by atoms with Gasteiger partial charge in [-0.05, 0) is 49.2 Å². The van der Waals surface area contributed by atoms with Gasteiger partial charge in [-0.3, -0.25) is 14.9 Å². The molecule has 8 nitrogen and oxygen atoms in total. The van der Waals surface area contributed by atoms with Crippen LogP contribution in [0.15, 0.2) is 42.5 Å². The Kier molecular flexibility index (Phi) is 6.66. The van der Waals surface area contributed by atoms with Crippen molar-refractivity contribution in [2.45, 2.75) is 19.0 Å². The number of nitro groups is 1. The molecule has 11 heteroatoms. The third-order valence-corrected chi connectivity index (χ3v) is 5.16. The molecule has 1 aliphatic heterocycles. The summed E-state index contributed by atoms with van der Waals surface area (Å²) >= 11 is 0. The molecule has 1 aliphatic rings. The number of hydrogen-bond acceptors (Lipinski definition) is 7. The molecule has 0 saturated carbocycles. The molecule has 0 aromatic heterocycles. The lowest BCUT2D eigenvalue weighted by atomic mass is 9.96. The topological polar surface area (TPSA) is 99.0 Å². The van der Waals surface area contributed by atoms with Crippen LogP contribution >= 0.6 is 0 Å². The molecule has 0 unspecified atom stereocenters. The highest BCUT2D eigenvalue weighted by Crippen LogP contribution is 2.37. The number of esters is 2. The number of carbonyl (C=O) groups is 2. The number of methoxy groups -OCH3 is 1. The van der Waals surface area contributed by atoms with Gasteiger partial charge < -0.3 is 14.4 Å². The Hall–Kier alpha value is -3.63. The Morgan fingerprint density at radius 3 is 2.25 bits per heavy atom. The molecule has 170 valence electrons. The number of anilines is 1. The highest BCUT2D eigenvalue weighted by atomic mass is 19.4. The van der Waals surface area contributed by atoms with Gasteiger partial charge >= 0.3 is 18.1 Å². The molecule has 3 rings (SSSR count). The van der Waals surface area contributed by atoms with Crippen molar-refractivity contribution in [3.05, 3.63) is 63.7 Å². The van der Waals surface area contributed by atoms with Crippen LogP contribution in [0.5, 0.6) is 5.75 Å². The number of carbonyl (C=O) groups excluding carboxylic acids is 2. The third kappa shape index (κ3) is 5.16. The standard InChI is InChI=1S/C21H19F3N2O6/c1-31-19(27)13-2-5-16(6-3-13)32-20(28)14-8-10-25(11-9-14)17-7-4-15(21(22,23)24)12-18(17)26(29)30/h2-7,12,14H,8-11H2,1H3. The van der Waals surface area contributed by atoms with Crippen molar-refractivity contribution in [3.63, 3.8) is 0 Å². The molecular weight excluding hydrogens is 433 g/mol. The van der Waals surface area contributed by atoms with Crippen molar-refractivity contribution in [3.8, 4) is 5.75 Å². The maximum absolute atomic E-state index is 12.9. The Labute approximate surface area is 180 Å². The molecule has 0 amide bonds. The van der Waals surface area contributed by atoms with Crippen LogP contribution in [-0.4, -0.2) is 37.1 Å². The molecule has 0 radical (unpaired) electrons. The van der Waals surface area contributed by atoms with Crippen molar-refractivity contribution in [2.75, 3.05) is 25.1 Å². The van der Waals surface area contributed by atoms with Crippen LogP contribution in [0.25, 0.3) is 0 Å². The number of alkyl halides is 3. The van der Waals surface area contributed by atoms with Gasteiger partial charge in [-0.25, -0.2) is 4.79 Å². The summed E-state index contributed by atoms with van der Waals surface area (Å²) < 4.78 is 48.6. The van der Waals surface area contributed by atoms with Gasteiger partial charge in [0.1, 0.15) is 11.4 Å². The van der Waals surface area contributed by atoms with Gasteiger partial charge in [0, 0.05) is 19.2 Å². The van der Waals surface area contributed by atoms with Crippen molar-refractivity contribution in [1.82, 2.24) is 0 Å². The molecule has 1 saturated heterocycles. The van der Waals surface area contributed by atoms with E-state index in [0.29, 0.717) is 24.5 Å². The number of nitrogens with zero attached hydrogens (tertiary/aromatic N) is 2. The number of ether oxygens (including phenoxy) is 2. The van der Waals surface area contributed by atoms with E-state index in [1.807, 2.05) is 0 Å². The van der Waals surface area contributed by atoms with Crippen LogP contribution in [0.2, 0.25) is 0 Å². The molecule has 0 bridgehead atoms. The van der Waals surface area contributed by atoms with E-state index >= 15 is 0 Å². The first-order valence-corrected chi connectivity index (χ1v) is 9.61. The van der Waals surface area contributed by atoms with E-state index in [2.05, 4.69) is 4.74 Å². The summed E-state index contributed by atoms with van der Waals surface area (Å²) in [6, 6.07) is 8.26. The average Bonchev–Trinajstić information content (AvgIpc) is 2.78. The van der Waals surface area contributed by atoms with E-state index in [1.54, 1.807) is 4.90 Å². The fraction of sp³-hybridized carbons (Fsp3) is 0.333. The smallest absolute Gasteiger partial charge is 0.416 e. The van der Waals surface area contributed by atoms with Crippen molar-refractivity contribution < 1.29 is 37.2 Å². The van der Waals surface area contributed by atoms with Gasteiger partial charge in [-0.1, -0.05) is 0 Å². The van der Waals surface area contributed by atoms with Crippen LogP contribution in [-0.2, 0) is 15.7 Å². The van der Waals surface area contributed by atoms with E-state index in [9.17, 15) is 32.9 Å². The Balaban J connectivity index is 1.64. The van der Waals surface area contributed by atoms with Crippen molar-refractivity contribution >= 4 is 23.3 Å². The van der Waals surface area contributed by atoms with Crippen molar-refractivity contribution in [1.29, 1.82) is 0 Å². The minimum Gasteiger partial charge on any atom is -0.465 e. The van der Waals surface area contributed by atoms with Gasteiger partial charge in [0.25, 0.3) is 5.69 Å². The monoisotopic (exact) mass is 452 g/mol. The summed E-state index contributed by atoms with van der Waals surface area (Å²) in [6.07, 6.45) is -4.05. The Morgan fingerprint density at radius 1 is 1.09 bits per heavy atom. The van der Waals surface area contributed by atoms with Gasteiger partial charge in [0.15, 0.2) is 0 Å². The van der Waals surface area contributed by atoms with Crippen LogP contribution in [0.3, 0.4) is 0 Å². The largest absolute Gasteiger partial charge is 0.465 e. The number of nitro benzene ring substituents is 1. The van der Waals surface area contributed by atoms with Gasteiger partial charge in [0.05, 0.1) is 29.1 Å². The van der Waals surface area contributed by atoms with Crippen molar-refractivity contribution in [2.24, 2.45) is 5.92 Å². The Bertz CT molecular complexity index is 1020. The lowest BCUT2D eigenvalue weighted by molar-refractivity contribution is -0.384. The first-order valence-electron chi connectivity index (χ1n) is 9.61. The summed E-state index contributed by atoms with van der Waals surface area (Å²) in [6.45, 7) is 0.487. The second-order valence-electron chi connectivity index (χ2n) is 7.16. The third-order valence-electron chi connectivity index (χ3n) is 5.16. The molecular formula is C21H19F3N2O6. The highest BCUT2D eigenvalue weighted by Gasteiger charge is 2.35. The first-order chi connectivity index (χ1) is 15.1. The van der Waals surface area contributed by atoms with E-state index in [4.69, 9.17) is 4.74 Å². The number of rotatable bonds is 5. The number of halogens is 3. The zero-order chi connectivity index (χ0) is 23.5. The summed E-state index contributed by atoms with van der Waals surface area (Å²) in [4.78, 5) is 36.0. The lowest BCUT2D eigenvalue weighted by Gasteiger charge is -2.32. The molecule has 1 fully saturated rings. The molecule has 2 aromatic carbocycles. The van der Waals surface area contributed by atoms with Crippen LogP contribution in [0.1, 0.15) is 28.8 Å². The molecule has 0 N–H and O–H groups in total. The second-order valence-corrected chi connectivity index (χ2v) is 7.16. The summed E-state index contributed by atoms with van der Waals surface area (Å²) in [5.41, 5.74) is -1.34. The highest BCUT2D eigenvalue weighted by molar-refractivity contribution is 5.89. The van der Waals surface area contributed by atoms with E-state index < -0.39 is 40.2 Å². The number of benzene rings is 2. The van der Waals surface area contributed by atoms with E-state index in [0.717, 1.165) is 12.1 Å². The maximum atomic E-state index is 12.9. The number of piperidine rings is 1. The molecule has 1 heterocycles. The van der Waals surface area contributed by atoms with Gasteiger partial charge in [-0.15, -0.1) is 0 Å². The van der Waals surface area contributed by atoms with Crippen LogP contribution in [0, 0.1) is 16.0 Å². The quantitative estimate of drug-likeness (QED) is 0.290. The fourth-order valence-corrected chi connectivity index (χ4v) is 3.45. The molecule has 32 heavy (non-hydrogen) atoms. The fourth-order valence-electron chi connectivity index (χ4n) is 3.45. The van der Waals surface area contributed by atoms with E-state index in [-0.39, 0.29) is 24.5 Å². The van der Waals surface area contributed by atoms with Crippen LogP contribution < -0.4 is 9.64 Å². The summed E-state index contributed by atoms with van der Waals surface area (Å²) in [7, 11) is 1.25. The Morgan fingerprint density at radius 2 is 1.72 bits per heavy atom. The summed E-state index contributed by atoms with van der Waals surface area (Å²) in [5, 5.41) is 11.3. The molecule has 0 aliphatic carbocycles. The normalized spacial score (nSPS) is 14.7. The molecule has 0 atom stereocenters. The average molecular weight is 452 g/mol. The lowest BCUT2D eigenvalue weighted by Crippen LogP contribution is -2.38.